The van der Waals surface area contributed by atoms with Gasteiger partial charge in [-0.15, -0.1) is 0 Å². The number of hydrogen-bond acceptors (Lipinski definition) is 2. The minimum absolute atomic E-state index is 0.177. The first-order chi connectivity index (χ1) is 7.86. The highest BCUT2D eigenvalue weighted by molar-refractivity contribution is 9.10. The number of benzene rings is 1. The Morgan fingerprint density at radius 3 is 2.29 bits per heavy atom. The van der Waals surface area contributed by atoms with Gasteiger partial charge in [0.1, 0.15) is 5.75 Å². The molecule has 0 aromatic heterocycles. The van der Waals surface area contributed by atoms with Crippen molar-refractivity contribution in [2.24, 2.45) is 0 Å². The van der Waals surface area contributed by atoms with Gasteiger partial charge < -0.3 is 10.2 Å². The summed E-state index contributed by atoms with van der Waals surface area (Å²) in [7, 11) is 0. The zero-order valence-electron chi connectivity index (χ0n) is 10.3. The third kappa shape index (κ3) is 3.00. The van der Waals surface area contributed by atoms with Crippen molar-refractivity contribution in [3.63, 3.8) is 0 Å². The molecule has 0 radical (unpaired) electrons. The van der Waals surface area contributed by atoms with Gasteiger partial charge in [0, 0.05) is 6.42 Å². The maximum absolute atomic E-state index is 10.5. The van der Waals surface area contributed by atoms with Crippen LogP contribution in [0.4, 0.5) is 0 Å². The molecule has 0 aliphatic carbocycles. The first-order valence-electron chi connectivity index (χ1n) is 5.55. The number of carboxylic acids is 1. The number of aromatic hydroxyl groups is 1. The van der Waals surface area contributed by atoms with E-state index in [4.69, 9.17) is 5.11 Å². The van der Waals surface area contributed by atoms with Crippen molar-refractivity contribution in [1.82, 2.24) is 0 Å². The van der Waals surface area contributed by atoms with E-state index in [0.717, 1.165) is 28.7 Å². The van der Waals surface area contributed by atoms with Crippen LogP contribution in [-0.4, -0.2) is 16.2 Å². The zero-order chi connectivity index (χ0) is 13.2. The fourth-order valence-electron chi connectivity index (χ4n) is 1.95. The van der Waals surface area contributed by atoms with E-state index >= 15 is 0 Å². The van der Waals surface area contributed by atoms with Crippen molar-refractivity contribution in [1.29, 1.82) is 0 Å². The highest BCUT2D eigenvalue weighted by Gasteiger charge is 2.14. The summed E-state index contributed by atoms with van der Waals surface area (Å²) in [5, 5.41) is 18.5. The molecule has 0 saturated heterocycles. The van der Waals surface area contributed by atoms with Crippen LogP contribution in [-0.2, 0) is 11.2 Å². The van der Waals surface area contributed by atoms with E-state index < -0.39 is 5.97 Å². The first kappa shape index (κ1) is 14.0. The SMILES string of the molecule is Cc1c(C)c(CCCC(=O)O)c(C)c(Br)c1O. The molecule has 0 fully saturated rings. The van der Waals surface area contributed by atoms with Crippen LogP contribution in [0.1, 0.15) is 35.1 Å². The zero-order valence-corrected chi connectivity index (χ0v) is 11.9. The quantitative estimate of drug-likeness (QED) is 0.895. The van der Waals surface area contributed by atoms with Crippen molar-refractivity contribution < 1.29 is 15.0 Å². The second-order valence-corrected chi connectivity index (χ2v) is 5.06. The second kappa shape index (κ2) is 5.54. The molecule has 0 aliphatic heterocycles. The summed E-state index contributed by atoms with van der Waals surface area (Å²) in [6.45, 7) is 5.77. The summed E-state index contributed by atoms with van der Waals surface area (Å²) in [5.41, 5.74) is 4.03. The second-order valence-electron chi connectivity index (χ2n) is 4.26. The van der Waals surface area contributed by atoms with Gasteiger partial charge in [-0.2, -0.15) is 0 Å². The van der Waals surface area contributed by atoms with Crippen LogP contribution in [0.2, 0.25) is 0 Å². The lowest BCUT2D eigenvalue weighted by Gasteiger charge is -2.16. The highest BCUT2D eigenvalue weighted by Crippen LogP contribution is 2.36. The van der Waals surface area contributed by atoms with Crippen LogP contribution in [0.25, 0.3) is 0 Å². The topological polar surface area (TPSA) is 57.5 Å². The molecular weight excluding hydrogens is 284 g/mol. The minimum Gasteiger partial charge on any atom is -0.506 e. The average Bonchev–Trinajstić information content (AvgIpc) is 2.28. The molecule has 94 valence electrons. The largest absolute Gasteiger partial charge is 0.506 e. The summed E-state index contributed by atoms with van der Waals surface area (Å²) in [4.78, 5) is 10.5. The van der Waals surface area contributed by atoms with E-state index in [1.807, 2.05) is 20.8 Å². The van der Waals surface area contributed by atoms with Crippen molar-refractivity contribution in [3.8, 4) is 5.75 Å². The number of aliphatic carboxylic acids is 1. The fraction of sp³-hybridized carbons (Fsp3) is 0.462. The normalized spacial score (nSPS) is 10.6. The Hall–Kier alpha value is -1.03. The molecular formula is C13H17BrO3. The van der Waals surface area contributed by atoms with Gasteiger partial charge in [0.15, 0.2) is 0 Å². The van der Waals surface area contributed by atoms with Gasteiger partial charge in [-0.25, -0.2) is 0 Å². The Balaban J connectivity index is 3.03. The standard InChI is InChI=1S/C13H17BrO3/c1-7-8(2)13(17)12(14)9(3)10(7)5-4-6-11(15)16/h17H,4-6H2,1-3H3,(H,15,16). The van der Waals surface area contributed by atoms with Crippen molar-refractivity contribution in [2.45, 2.75) is 40.0 Å². The summed E-state index contributed by atoms with van der Waals surface area (Å²) in [6, 6.07) is 0. The molecule has 4 heteroatoms. The Bertz CT molecular complexity index is 423. The molecule has 1 aromatic rings. The summed E-state index contributed by atoms with van der Waals surface area (Å²) in [5.74, 6) is -0.489. The van der Waals surface area contributed by atoms with Gasteiger partial charge in [-0.3, -0.25) is 4.79 Å². The van der Waals surface area contributed by atoms with Crippen LogP contribution in [0, 0.1) is 20.8 Å². The predicted octanol–water partition coefficient (Wildman–Crippen LogP) is 3.49. The Labute approximate surface area is 110 Å². The summed E-state index contributed by atoms with van der Waals surface area (Å²) in [6.07, 6.45) is 1.52. The molecule has 0 heterocycles. The van der Waals surface area contributed by atoms with Crippen molar-refractivity contribution in [2.75, 3.05) is 0 Å². The predicted molar refractivity (Wildman–Crippen MR) is 70.6 cm³/mol. The number of carbonyl (C=O) groups is 1. The molecule has 2 N–H and O–H groups in total. The van der Waals surface area contributed by atoms with E-state index in [2.05, 4.69) is 15.9 Å². The van der Waals surface area contributed by atoms with Gasteiger partial charge in [-0.1, -0.05) is 0 Å². The molecule has 0 atom stereocenters. The molecule has 0 amide bonds. The first-order valence-corrected chi connectivity index (χ1v) is 6.34. The molecule has 0 unspecified atom stereocenters. The van der Waals surface area contributed by atoms with Crippen LogP contribution < -0.4 is 0 Å². The van der Waals surface area contributed by atoms with E-state index in [9.17, 15) is 9.90 Å². The average molecular weight is 301 g/mol. The third-order valence-electron chi connectivity index (χ3n) is 3.18. The number of halogens is 1. The van der Waals surface area contributed by atoms with Gasteiger partial charge >= 0.3 is 5.97 Å². The summed E-state index contributed by atoms with van der Waals surface area (Å²) < 4.78 is 0.714. The Kier molecular flexibility index (Phi) is 4.57. The lowest BCUT2D eigenvalue weighted by molar-refractivity contribution is -0.137. The number of carboxylic acid groups (broad SMARTS) is 1. The van der Waals surface area contributed by atoms with Crippen molar-refractivity contribution in [3.05, 3.63) is 26.7 Å². The molecule has 3 nitrogen and oxygen atoms in total. The summed E-state index contributed by atoms with van der Waals surface area (Å²) >= 11 is 3.37. The maximum Gasteiger partial charge on any atom is 0.303 e. The monoisotopic (exact) mass is 300 g/mol. The maximum atomic E-state index is 10.5. The Morgan fingerprint density at radius 2 is 1.76 bits per heavy atom. The molecule has 0 bridgehead atoms. The van der Waals surface area contributed by atoms with Gasteiger partial charge in [-0.05, 0) is 71.8 Å². The number of phenolic OH excluding ortho intramolecular Hbond substituents is 1. The molecule has 17 heavy (non-hydrogen) atoms. The highest BCUT2D eigenvalue weighted by atomic mass is 79.9. The van der Waals surface area contributed by atoms with Crippen LogP contribution >= 0.6 is 15.9 Å². The van der Waals surface area contributed by atoms with E-state index in [1.54, 1.807) is 0 Å². The van der Waals surface area contributed by atoms with Crippen LogP contribution in [0.5, 0.6) is 5.75 Å². The lowest BCUT2D eigenvalue weighted by Crippen LogP contribution is -2.01. The smallest absolute Gasteiger partial charge is 0.303 e. The number of phenols is 1. The molecule has 0 aliphatic rings. The van der Waals surface area contributed by atoms with E-state index in [1.165, 1.54) is 0 Å². The number of rotatable bonds is 4. The minimum atomic E-state index is -0.769. The van der Waals surface area contributed by atoms with Crippen LogP contribution in [0.3, 0.4) is 0 Å². The fourth-order valence-corrected chi connectivity index (χ4v) is 2.49. The van der Waals surface area contributed by atoms with Crippen molar-refractivity contribution >= 4 is 21.9 Å². The molecule has 1 rings (SSSR count). The van der Waals surface area contributed by atoms with Gasteiger partial charge in [0.2, 0.25) is 0 Å². The molecule has 0 spiro atoms. The van der Waals surface area contributed by atoms with Gasteiger partial charge in [0.05, 0.1) is 4.47 Å². The van der Waals surface area contributed by atoms with Crippen LogP contribution in [0.15, 0.2) is 4.47 Å². The molecule has 1 aromatic carbocycles. The van der Waals surface area contributed by atoms with E-state index in [-0.39, 0.29) is 12.2 Å². The lowest BCUT2D eigenvalue weighted by atomic mass is 9.93. The van der Waals surface area contributed by atoms with E-state index in [0.29, 0.717) is 10.9 Å². The Morgan fingerprint density at radius 1 is 1.18 bits per heavy atom. The third-order valence-corrected chi connectivity index (χ3v) is 4.15. The van der Waals surface area contributed by atoms with Gasteiger partial charge in [0.25, 0.3) is 0 Å². The number of hydrogen-bond donors (Lipinski definition) is 2. The molecule has 0 saturated carbocycles.